The Balaban J connectivity index is 2.13. The quantitative estimate of drug-likeness (QED) is 0.0704. The highest BCUT2D eigenvalue weighted by Crippen LogP contribution is 2.40. The SMILES string of the molecule is Fc1ccc2c(c1)c(-c1c(F)c(F)c(F)c(F)c1F)c1cc(F)ccc1[n+]2-c1c(F)c(F)c(F)c(F)c1F. The highest BCUT2D eigenvalue weighted by molar-refractivity contribution is 6.07. The fourth-order valence-electron chi connectivity index (χ4n) is 4.21. The van der Waals surface area contributed by atoms with E-state index < -0.39 is 108 Å². The Kier molecular flexibility index (Phi) is 5.76. The molecule has 4 aromatic carbocycles. The molecular formula is C25H6F12N+. The summed E-state index contributed by atoms with van der Waals surface area (Å²) in [6, 6.07) is 3.53. The Morgan fingerprint density at radius 1 is 0.368 bits per heavy atom. The van der Waals surface area contributed by atoms with Gasteiger partial charge in [0.1, 0.15) is 11.6 Å². The van der Waals surface area contributed by atoms with Crippen LogP contribution in [0.25, 0.3) is 38.6 Å². The summed E-state index contributed by atoms with van der Waals surface area (Å²) in [6.45, 7) is 0. The monoisotopic (exact) mass is 548 g/mol. The maximum Gasteiger partial charge on any atom is 0.290 e. The topological polar surface area (TPSA) is 3.88 Å². The second kappa shape index (κ2) is 8.64. The lowest BCUT2D eigenvalue weighted by Gasteiger charge is -2.15. The van der Waals surface area contributed by atoms with Crippen molar-refractivity contribution in [1.29, 1.82) is 0 Å². The van der Waals surface area contributed by atoms with E-state index in [0.717, 1.165) is 0 Å². The number of hydrogen-bond acceptors (Lipinski definition) is 0. The molecular weight excluding hydrogens is 542 g/mol. The summed E-state index contributed by atoms with van der Waals surface area (Å²) in [7, 11) is 0. The standard InChI is InChI=1S/C25H6F12N/c26-7-1-3-11-9(5-7)13(14-15(28)17(30)19(32)18(31)16(14)29)10-6-8(27)2-4-12(10)38(11)25-23(36)21(34)20(33)22(35)24(25)37/h1-6H/q+1. The molecule has 0 aliphatic heterocycles. The van der Waals surface area contributed by atoms with Gasteiger partial charge in [-0.15, -0.1) is 4.57 Å². The van der Waals surface area contributed by atoms with Crippen LogP contribution >= 0.6 is 0 Å². The molecule has 0 aliphatic carbocycles. The normalized spacial score (nSPS) is 11.7. The number of nitrogens with zero attached hydrogens (tertiary/aromatic N) is 1. The zero-order valence-electron chi connectivity index (χ0n) is 17.9. The molecule has 0 radical (unpaired) electrons. The highest BCUT2D eigenvalue weighted by atomic mass is 19.2. The van der Waals surface area contributed by atoms with E-state index in [2.05, 4.69) is 0 Å². The molecule has 0 fully saturated rings. The van der Waals surface area contributed by atoms with Crippen LogP contribution in [0.3, 0.4) is 0 Å². The molecule has 1 heterocycles. The minimum absolute atomic E-state index is 0.315. The number of halogens is 12. The number of hydrogen-bond donors (Lipinski definition) is 0. The summed E-state index contributed by atoms with van der Waals surface area (Å²) in [4.78, 5) is 0. The number of pyridine rings is 1. The van der Waals surface area contributed by atoms with E-state index in [1.54, 1.807) is 0 Å². The van der Waals surface area contributed by atoms with Crippen molar-refractivity contribution in [3.8, 4) is 16.8 Å². The van der Waals surface area contributed by atoms with Gasteiger partial charge < -0.3 is 0 Å². The smallest absolute Gasteiger partial charge is 0.207 e. The summed E-state index contributed by atoms with van der Waals surface area (Å²) >= 11 is 0. The number of rotatable bonds is 2. The van der Waals surface area contributed by atoms with Gasteiger partial charge in [-0.2, -0.15) is 8.78 Å². The Morgan fingerprint density at radius 3 is 1.11 bits per heavy atom. The number of benzene rings is 4. The minimum Gasteiger partial charge on any atom is -0.207 e. The number of aromatic nitrogens is 1. The van der Waals surface area contributed by atoms with Gasteiger partial charge in [0, 0.05) is 17.7 Å². The molecule has 0 N–H and O–H groups in total. The highest BCUT2D eigenvalue weighted by Gasteiger charge is 2.37. The summed E-state index contributed by atoms with van der Waals surface area (Å²) in [5.41, 5.74) is -5.71. The third-order valence-corrected chi connectivity index (χ3v) is 5.81. The molecule has 1 nitrogen and oxygen atoms in total. The van der Waals surface area contributed by atoms with E-state index in [-0.39, 0.29) is 0 Å². The van der Waals surface area contributed by atoms with Crippen LogP contribution in [0, 0.1) is 69.8 Å². The summed E-state index contributed by atoms with van der Waals surface area (Å²) in [5, 5.41) is -1.65. The van der Waals surface area contributed by atoms with Crippen molar-refractivity contribution in [1.82, 2.24) is 0 Å². The average molecular weight is 548 g/mol. The van der Waals surface area contributed by atoms with Gasteiger partial charge >= 0.3 is 0 Å². The van der Waals surface area contributed by atoms with Crippen molar-refractivity contribution in [3.05, 3.63) is 106 Å². The van der Waals surface area contributed by atoms with Gasteiger partial charge in [0.2, 0.25) is 45.9 Å². The lowest BCUT2D eigenvalue weighted by Crippen LogP contribution is -2.37. The second-order valence-corrected chi connectivity index (χ2v) is 7.90. The molecule has 0 spiro atoms. The fourth-order valence-corrected chi connectivity index (χ4v) is 4.21. The van der Waals surface area contributed by atoms with Crippen LogP contribution in [0.4, 0.5) is 52.7 Å². The Bertz CT molecular complexity index is 1730. The third kappa shape index (κ3) is 3.41. The van der Waals surface area contributed by atoms with Gasteiger partial charge in [0.15, 0.2) is 23.3 Å². The molecule has 5 aromatic rings. The van der Waals surface area contributed by atoms with Crippen molar-refractivity contribution in [2.75, 3.05) is 0 Å². The van der Waals surface area contributed by atoms with E-state index in [1.807, 2.05) is 0 Å². The predicted octanol–water partition coefficient (Wildman–Crippen LogP) is 7.61. The van der Waals surface area contributed by atoms with E-state index in [4.69, 9.17) is 0 Å². The molecule has 0 amide bonds. The van der Waals surface area contributed by atoms with E-state index in [1.165, 1.54) is 0 Å². The minimum atomic E-state index is -2.54. The molecule has 194 valence electrons. The van der Waals surface area contributed by atoms with Gasteiger partial charge in [-0.3, -0.25) is 0 Å². The summed E-state index contributed by atoms with van der Waals surface area (Å²) < 4.78 is 172. The van der Waals surface area contributed by atoms with Gasteiger partial charge in [-0.25, -0.2) is 43.9 Å². The first-order chi connectivity index (χ1) is 17.9. The van der Waals surface area contributed by atoms with Crippen molar-refractivity contribution >= 4 is 21.8 Å². The van der Waals surface area contributed by atoms with Crippen LogP contribution in [0.2, 0.25) is 0 Å². The van der Waals surface area contributed by atoms with Crippen molar-refractivity contribution in [2.24, 2.45) is 0 Å². The molecule has 0 aliphatic rings. The maximum absolute atomic E-state index is 14.9. The molecule has 38 heavy (non-hydrogen) atoms. The molecule has 0 saturated carbocycles. The van der Waals surface area contributed by atoms with Crippen LogP contribution in [0.1, 0.15) is 0 Å². The third-order valence-electron chi connectivity index (χ3n) is 5.81. The Morgan fingerprint density at radius 2 is 0.711 bits per heavy atom. The summed E-state index contributed by atoms with van der Waals surface area (Å²) in [5.74, 6) is -26.7. The van der Waals surface area contributed by atoms with Gasteiger partial charge in [0.05, 0.1) is 16.3 Å². The average Bonchev–Trinajstić information content (AvgIpc) is 2.89. The van der Waals surface area contributed by atoms with Crippen LogP contribution in [0.5, 0.6) is 0 Å². The zero-order valence-corrected chi connectivity index (χ0v) is 17.9. The van der Waals surface area contributed by atoms with Crippen LogP contribution in [-0.4, -0.2) is 0 Å². The molecule has 1 aromatic heterocycles. The van der Waals surface area contributed by atoms with E-state index >= 15 is 0 Å². The largest absolute Gasteiger partial charge is 0.290 e. The molecule has 0 bridgehead atoms. The lowest BCUT2D eigenvalue weighted by molar-refractivity contribution is -0.542. The molecule has 0 unspecified atom stereocenters. The summed E-state index contributed by atoms with van der Waals surface area (Å²) in [6.07, 6.45) is 0. The fraction of sp³-hybridized carbons (Fsp3) is 0. The van der Waals surface area contributed by atoms with Gasteiger partial charge in [0.25, 0.3) is 5.69 Å². The Hall–Kier alpha value is -4.29. The first kappa shape index (κ1) is 25.4. The van der Waals surface area contributed by atoms with Gasteiger partial charge in [-0.1, -0.05) is 0 Å². The van der Waals surface area contributed by atoms with Crippen LogP contribution in [-0.2, 0) is 0 Å². The first-order valence-electron chi connectivity index (χ1n) is 10.2. The maximum atomic E-state index is 14.9. The number of fused-ring (bicyclic) bond motifs is 2. The van der Waals surface area contributed by atoms with Crippen molar-refractivity contribution < 1.29 is 57.3 Å². The zero-order chi connectivity index (χ0) is 27.8. The first-order valence-corrected chi connectivity index (χ1v) is 10.2. The molecule has 13 heteroatoms. The lowest BCUT2D eigenvalue weighted by atomic mass is 9.94. The molecule has 0 saturated heterocycles. The second-order valence-electron chi connectivity index (χ2n) is 7.90. The molecule has 5 rings (SSSR count). The van der Waals surface area contributed by atoms with Gasteiger partial charge in [-0.05, 0) is 24.3 Å². The van der Waals surface area contributed by atoms with E-state index in [9.17, 15) is 52.7 Å². The van der Waals surface area contributed by atoms with Crippen LogP contribution in [0.15, 0.2) is 36.4 Å². The molecule has 0 atom stereocenters. The van der Waals surface area contributed by atoms with Crippen molar-refractivity contribution in [2.45, 2.75) is 0 Å². The van der Waals surface area contributed by atoms with E-state index in [0.29, 0.717) is 41.0 Å². The van der Waals surface area contributed by atoms with Crippen molar-refractivity contribution in [3.63, 3.8) is 0 Å². The predicted molar refractivity (Wildman–Crippen MR) is 108 cm³/mol. The Labute approximate surface area is 202 Å². The van der Waals surface area contributed by atoms with Crippen LogP contribution < -0.4 is 4.57 Å².